The highest BCUT2D eigenvalue weighted by Crippen LogP contribution is 2.35. The number of pyridine rings is 1. The molecule has 0 saturated carbocycles. The molecule has 176 valence electrons. The molecule has 33 heavy (non-hydrogen) atoms. The van der Waals surface area contributed by atoms with Crippen molar-refractivity contribution in [1.29, 1.82) is 0 Å². The first-order valence-corrected chi connectivity index (χ1v) is 10.1. The van der Waals surface area contributed by atoms with Crippen molar-refractivity contribution in [3.63, 3.8) is 0 Å². The van der Waals surface area contributed by atoms with Crippen LogP contribution >= 0.6 is 0 Å². The monoisotopic (exact) mass is 461 g/mol. The van der Waals surface area contributed by atoms with Crippen LogP contribution in [0, 0.1) is 18.8 Å². The molecular formula is C24H26F3N3O3. The van der Waals surface area contributed by atoms with Crippen molar-refractivity contribution >= 4 is 11.6 Å². The summed E-state index contributed by atoms with van der Waals surface area (Å²) >= 11 is 0. The van der Waals surface area contributed by atoms with Crippen LogP contribution in [0.4, 0.5) is 18.9 Å². The molecule has 0 aliphatic carbocycles. The molecular weight excluding hydrogens is 435 g/mol. The molecule has 0 aliphatic rings. The van der Waals surface area contributed by atoms with E-state index in [0.717, 1.165) is 22.9 Å². The van der Waals surface area contributed by atoms with Crippen LogP contribution in [0.1, 0.15) is 23.7 Å². The highest BCUT2D eigenvalue weighted by atomic mass is 19.4. The van der Waals surface area contributed by atoms with Crippen molar-refractivity contribution in [2.45, 2.75) is 33.2 Å². The highest BCUT2D eigenvalue weighted by molar-refractivity contribution is 5.86. The number of carbonyl (C=O) groups is 1. The summed E-state index contributed by atoms with van der Waals surface area (Å²) in [6.45, 7) is 7.38. The molecule has 2 aromatic rings. The second-order valence-corrected chi connectivity index (χ2v) is 7.11. The quantitative estimate of drug-likeness (QED) is 0.440. The number of aliphatic hydroxyl groups is 1. The third-order valence-corrected chi connectivity index (χ3v) is 4.80. The second-order valence-electron chi connectivity index (χ2n) is 7.11. The lowest BCUT2D eigenvalue weighted by Gasteiger charge is -2.26. The topological polar surface area (TPSA) is 74.7 Å². The van der Waals surface area contributed by atoms with E-state index in [-0.39, 0.29) is 24.8 Å². The smallest absolute Gasteiger partial charge is 0.406 e. The predicted octanol–water partition coefficient (Wildman–Crippen LogP) is 3.75. The first-order valence-electron chi connectivity index (χ1n) is 10.1. The minimum absolute atomic E-state index is 0.0863. The Balaban J connectivity index is 2.64. The lowest BCUT2D eigenvalue weighted by Crippen LogP contribution is -2.26. The molecule has 1 amide bonds. The summed E-state index contributed by atoms with van der Waals surface area (Å²) in [5.74, 6) is 5.12. The number of benzene rings is 1. The molecule has 0 saturated heterocycles. The molecule has 0 bridgehead atoms. The Morgan fingerprint density at radius 2 is 2.00 bits per heavy atom. The van der Waals surface area contributed by atoms with Crippen molar-refractivity contribution in [2.24, 2.45) is 0 Å². The summed E-state index contributed by atoms with van der Waals surface area (Å²) in [7, 11) is 1.85. The number of anilines is 1. The minimum Gasteiger partial charge on any atom is -0.406 e. The fourth-order valence-corrected chi connectivity index (χ4v) is 3.41. The Kier molecular flexibility index (Phi) is 8.88. The molecule has 0 spiro atoms. The van der Waals surface area contributed by atoms with Gasteiger partial charge in [0.25, 0.3) is 0 Å². The summed E-state index contributed by atoms with van der Waals surface area (Å²) in [4.78, 5) is 18.4. The van der Waals surface area contributed by atoms with Crippen LogP contribution in [0.2, 0.25) is 0 Å². The molecule has 1 aromatic carbocycles. The van der Waals surface area contributed by atoms with Crippen LogP contribution in [-0.4, -0.2) is 42.6 Å². The van der Waals surface area contributed by atoms with Crippen LogP contribution in [0.25, 0.3) is 11.3 Å². The zero-order valence-electron chi connectivity index (χ0n) is 18.7. The van der Waals surface area contributed by atoms with Crippen LogP contribution in [0.5, 0.6) is 5.75 Å². The van der Waals surface area contributed by atoms with E-state index in [1.807, 2.05) is 18.9 Å². The van der Waals surface area contributed by atoms with Crippen LogP contribution in [0.15, 0.2) is 36.9 Å². The number of hydrogen-bond donors (Lipinski definition) is 2. The maximum Gasteiger partial charge on any atom is 0.573 e. The van der Waals surface area contributed by atoms with E-state index in [4.69, 9.17) is 4.98 Å². The van der Waals surface area contributed by atoms with Gasteiger partial charge in [-0.15, -0.1) is 19.1 Å². The van der Waals surface area contributed by atoms with Crippen molar-refractivity contribution < 1.29 is 27.8 Å². The van der Waals surface area contributed by atoms with Gasteiger partial charge in [-0.25, -0.2) is 0 Å². The van der Waals surface area contributed by atoms with Gasteiger partial charge >= 0.3 is 6.36 Å². The standard InChI is InChI=1S/C24H26F3N3O3/c1-5-7-13-30(4)23-16(3)22(17-8-10-18(11-9-17)33-24(25,26)27)29-20(19(23)12-14-31)15-28-21(32)6-2/h6,8-11,31H,2,12-15H2,1,3-4H3,(H,28,32). The molecule has 0 atom stereocenters. The third kappa shape index (κ3) is 6.99. The van der Waals surface area contributed by atoms with Crippen molar-refractivity contribution in [3.05, 3.63) is 53.7 Å². The summed E-state index contributed by atoms with van der Waals surface area (Å²) in [6, 6.07) is 5.42. The number of ether oxygens (including phenoxy) is 1. The first-order chi connectivity index (χ1) is 15.6. The normalized spacial score (nSPS) is 10.8. The van der Waals surface area contributed by atoms with Crippen molar-refractivity contribution in [3.8, 4) is 28.8 Å². The number of alkyl halides is 3. The van der Waals surface area contributed by atoms with E-state index in [1.54, 1.807) is 6.92 Å². The molecule has 2 N–H and O–H groups in total. The Hall–Kier alpha value is -3.51. The fraction of sp³-hybridized carbons (Fsp3) is 0.333. The average Bonchev–Trinajstić information content (AvgIpc) is 2.76. The Labute approximate surface area is 191 Å². The van der Waals surface area contributed by atoms with Gasteiger partial charge in [0.05, 0.1) is 24.5 Å². The molecule has 0 aliphatic heterocycles. The number of nitrogens with zero attached hydrogens (tertiary/aromatic N) is 2. The van der Waals surface area contributed by atoms with Gasteiger partial charge in [0.2, 0.25) is 5.91 Å². The predicted molar refractivity (Wildman–Crippen MR) is 121 cm³/mol. The van der Waals surface area contributed by atoms with E-state index in [2.05, 4.69) is 28.5 Å². The third-order valence-electron chi connectivity index (χ3n) is 4.80. The lowest BCUT2D eigenvalue weighted by molar-refractivity contribution is -0.274. The maximum atomic E-state index is 12.5. The number of aliphatic hydroxyl groups excluding tert-OH is 1. The Morgan fingerprint density at radius 3 is 2.55 bits per heavy atom. The van der Waals surface area contributed by atoms with E-state index in [1.165, 1.54) is 24.3 Å². The Morgan fingerprint density at radius 1 is 1.33 bits per heavy atom. The number of aromatic nitrogens is 1. The average molecular weight is 461 g/mol. The van der Waals surface area contributed by atoms with E-state index >= 15 is 0 Å². The van der Waals surface area contributed by atoms with Gasteiger partial charge in [-0.05, 0) is 56.2 Å². The van der Waals surface area contributed by atoms with Gasteiger partial charge in [0.1, 0.15) is 5.75 Å². The fourth-order valence-electron chi connectivity index (χ4n) is 3.41. The van der Waals surface area contributed by atoms with Gasteiger partial charge in [-0.1, -0.05) is 12.5 Å². The number of rotatable bonds is 9. The largest absolute Gasteiger partial charge is 0.573 e. The van der Waals surface area contributed by atoms with Gasteiger partial charge in [-0.2, -0.15) is 0 Å². The summed E-state index contributed by atoms with van der Waals surface area (Å²) < 4.78 is 41.5. The number of nitrogens with one attached hydrogen (secondary N) is 1. The minimum atomic E-state index is -4.78. The van der Waals surface area contributed by atoms with Crippen molar-refractivity contribution in [1.82, 2.24) is 10.3 Å². The molecule has 1 heterocycles. The molecule has 1 aromatic heterocycles. The van der Waals surface area contributed by atoms with Gasteiger partial charge < -0.3 is 20.1 Å². The summed E-state index contributed by atoms with van der Waals surface area (Å²) in [5.41, 5.74) is 3.94. The molecule has 0 fully saturated rings. The maximum absolute atomic E-state index is 12.5. The van der Waals surface area contributed by atoms with Crippen LogP contribution in [0.3, 0.4) is 0 Å². The molecule has 9 heteroatoms. The lowest BCUT2D eigenvalue weighted by atomic mass is 9.97. The number of carbonyl (C=O) groups excluding carboxylic acids is 1. The number of amides is 1. The summed E-state index contributed by atoms with van der Waals surface area (Å²) in [5, 5.41) is 12.4. The SMILES string of the molecule is C=CC(=O)NCc1nc(-c2ccc(OC(F)(F)F)cc2)c(C)c(N(C)CC#CC)c1CCO. The zero-order chi connectivity index (χ0) is 24.6. The number of halogens is 3. The van der Waals surface area contributed by atoms with Crippen LogP contribution in [-0.2, 0) is 17.8 Å². The van der Waals surface area contributed by atoms with Gasteiger partial charge in [-0.3, -0.25) is 9.78 Å². The van der Waals surface area contributed by atoms with Gasteiger partial charge in [0.15, 0.2) is 0 Å². The molecule has 0 radical (unpaired) electrons. The zero-order valence-corrected chi connectivity index (χ0v) is 18.7. The van der Waals surface area contributed by atoms with E-state index in [9.17, 15) is 23.1 Å². The first kappa shape index (κ1) is 25.7. The summed E-state index contributed by atoms with van der Waals surface area (Å²) in [6.07, 6.45) is -3.34. The molecule has 0 unspecified atom stereocenters. The van der Waals surface area contributed by atoms with Crippen molar-refractivity contribution in [2.75, 3.05) is 25.1 Å². The highest BCUT2D eigenvalue weighted by Gasteiger charge is 2.31. The van der Waals surface area contributed by atoms with E-state index < -0.39 is 6.36 Å². The molecule has 2 rings (SSSR count). The Bertz CT molecular complexity index is 1060. The van der Waals surface area contributed by atoms with E-state index in [0.29, 0.717) is 29.9 Å². The molecule has 6 nitrogen and oxygen atoms in total. The number of hydrogen-bond acceptors (Lipinski definition) is 5. The van der Waals surface area contributed by atoms with Gasteiger partial charge in [0, 0.05) is 30.5 Å². The van der Waals surface area contributed by atoms with Crippen LogP contribution < -0.4 is 15.0 Å². The second kappa shape index (κ2) is 11.4.